The third-order valence-corrected chi connectivity index (χ3v) is 3.57. The summed E-state index contributed by atoms with van der Waals surface area (Å²) in [6.07, 6.45) is -0.617. The van der Waals surface area contributed by atoms with E-state index in [2.05, 4.69) is 10.1 Å². The molecule has 2 aromatic carbocycles. The molecule has 0 heterocycles. The number of hydrogen-bond acceptors (Lipinski definition) is 4. The van der Waals surface area contributed by atoms with Crippen molar-refractivity contribution < 1.29 is 23.4 Å². The van der Waals surface area contributed by atoms with Crippen LogP contribution in [0.1, 0.15) is 22.8 Å². The molecule has 0 aliphatic heterocycles. The standard InChI is InChI=1S/C18H21F2NO3/c1-12-3-6-14(7-4-12)15(22)11-21-10-13-5-8-16(24-18(19)20)17(9-13)23-2/h3-9,15,18,21-22H,10-11H2,1-2H3. The van der Waals surface area contributed by atoms with E-state index in [-0.39, 0.29) is 11.5 Å². The summed E-state index contributed by atoms with van der Waals surface area (Å²) in [6.45, 7) is -0.0643. The molecule has 1 atom stereocenters. The van der Waals surface area contributed by atoms with Gasteiger partial charge in [0.05, 0.1) is 13.2 Å². The van der Waals surface area contributed by atoms with Crippen LogP contribution in [0.4, 0.5) is 8.78 Å². The van der Waals surface area contributed by atoms with Crippen molar-refractivity contribution in [2.45, 2.75) is 26.2 Å². The monoisotopic (exact) mass is 337 g/mol. The molecule has 2 rings (SSSR count). The molecule has 0 fully saturated rings. The van der Waals surface area contributed by atoms with Gasteiger partial charge in [0, 0.05) is 13.1 Å². The topological polar surface area (TPSA) is 50.7 Å². The molecule has 6 heteroatoms. The second-order valence-corrected chi connectivity index (χ2v) is 5.42. The Kier molecular flexibility index (Phi) is 6.52. The molecule has 0 saturated heterocycles. The van der Waals surface area contributed by atoms with Crippen molar-refractivity contribution in [2.75, 3.05) is 13.7 Å². The summed E-state index contributed by atoms with van der Waals surface area (Å²) >= 11 is 0. The number of methoxy groups -OCH3 is 1. The Morgan fingerprint density at radius 1 is 1.08 bits per heavy atom. The molecule has 2 N–H and O–H groups in total. The van der Waals surface area contributed by atoms with Gasteiger partial charge in [0.15, 0.2) is 11.5 Å². The molecule has 0 aromatic heterocycles. The van der Waals surface area contributed by atoms with Gasteiger partial charge in [0.25, 0.3) is 0 Å². The predicted octanol–water partition coefficient (Wildman–Crippen LogP) is 3.43. The lowest BCUT2D eigenvalue weighted by Gasteiger charge is -2.14. The highest BCUT2D eigenvalue weighted by molar-refractivity contribution is 5.43. The molecule has 0 saturated carbocycles. The van der Waals surface area contributed by atoms with Gasteiger partial charge in [-0.1, -0.05) is 35.9 Å². The first-order valence-electron chi connectivity index (χ1n) is 7.56. The Hall–Kier alpha value is -2.18. The lowest BCUT2D eigenvalue weighted by molar-refractivity contribution is -0.0512. The highest BCUT2D eigenvalue weighted by atomic mass is 19.3. The Morgan fingerprint density at radius 2 is 1.79 bits per heavy atom. The van der Waals surface area contributed by atoms with Crippen molar-refractivity contribution in [3.63, 3.8) is 0 Å². The SMILES string of the molecule is COc1cc(CNCC(O)c2ccc(C)cc2)ccc1OC(F)F. The molecule has 24 heavy (non-hydrogen) atoms. The zero-order valence-electron chi connectivity index (χ0n) is 13.6. The fourth-order valence-electron chi connectivity index (χ4n) is 2.27. The van der Waals surface area contributed by atoms with Gasteiger partial charge in [-0.05, 0) is 30.2 Å². The van der Waals surface area contributed by atoms with Crippen LogP contribution in [-0.4, -0.2) is 25.4 Å². The summed E-state index contributed by atoms with van der Waals surface area (Å²) in [7, 11) is 1.39. The zero-order chi connectivity index (χ0) is 17.5. The number of alkyl halides is 2. The smallest absolute Gasteiger partial charge is 0.387 e. The fourth-order valence-corrected chi connectivity index (χ4v) is 2.27. The average Bonchev–Trinajstić information content (AvgIpc) is 2.56. The number of hydrogen-bond donors (Lipinski definition) is 2. The number of halogens is 2. The van der Waals surface area contributed by atoms with Gasteiger partial charge < -0.3 is 19.9 Å². The Balaban J connectivity index is 1.90. The predicted molar refractivity (Wildman–Crippen MR) is 87.5 cm³/mol. The van der Waals surface area contributed by atoms with Crippen LogP contribution in [0.3, 0.4) is 0 Å². The summed E-state index contributed by atoms with van der Waals surface area (Å²) < 4.78 is 34.0. The van der Waals surface area contributed by atoms with Gasteiger partial charge in [-0.25, -0.2) is 0 Å². The molecule has 0 aliphatic carbocycles. The molecular formula is C18H21F2NO3. The molecule has 0 radical (unpaired) electrons. The maximum absolute atomic E-state index is 12.3. The second-order valence-electron chi connectivity index (χ2n) is 5.42. The summed E-state index contributed by atoms with van der Waals surface area (Å²) in [4.78, 5) is 0. The minimum absolute atomic E-state index is 0.00376. The Labute approximate surface area is 140 Å². The first-order chi connectivity index (χ1) is 11.5. The van der Waals surface area contributed by atoms with Crippen LogP contribution in [0.15, 0.2) is 42.5 Å². The van der Waals surface area contributed by atoms with Crippen LogP contribution in [0, 0.1) is 6.92 Å². The second kappa shape index (κ2) is 8.61. The third kappa shape index (κ3) is 5.18. The van der Waals surface area contributed by atoms with Gasteiger partial charge in [0.2, 0.25) is 0 Å². The lowest BCUT2D eigenvalue weighted by atomic mass is 10.1. The van der Waals surface area contributed by atoms with Crippen molar-refractivity contribution in [3.8, 4) is 11.5 Å². The highest BCUT2D eigenvalue weighted by Gasteiger charge is 2.11. The van der Waals surface area contributed by atoms with Crippen molar-refractivity contribution in [3.05, 3.63) is 59.2 Å². The van der Waals surface area contributed by atoms with Crippen LogP contribution >= 0.6 is 0 Å². The van der Waals surface area contributed by atoms with E-state index < -0.39 is 12.7 Å². The number of benzene rings is 2. The van der Waals surface area contributed by atoms with E-state index in [0.29, 0.717) is 13.1 Å². The average molecular weight is 337 g/mol. The molecule has 130 valence electrons. The number of aliphatic hydroxyl groups is 1. The van der Waals surface area contributed by atoms with Crippen LogP contribution in [0.2, 0.25) is 0 Å². The van der Waals surface area contributed by atoms with Crippen LogP contribution < -0.4 is 14.8 Å². The minimum atomic E-state index is -2.90. The number of aliphatic hydroxyl groups excluding tert-OH is 1. The fraction of sp³-hybridized carbons (Fsp3) is 0.333. The summed E-state index contributed by atoms with van der Waals surface area (Å²) in [5.74, 6) is 0.240. The molecule has 0 bridgehead atoms. The van der Waals surface area contributed by atoms with Gasteiger partial charge in [-0.3, -0.25) is 0 Å². The quantitative estimate of drug-likeness (QED) is 0.775. The Morgan fingerprint density at radius 3 is 2.42 bits per heavy atom. The zero-order valence-corrected chi connectivity index (χ0v) is 13.6. The summed E-state index contributed by atoms with van der Waals surface area (Å²) in [5.41, 5.74) is 2.81. The van der Waals surface area contributed by atoms with E-state index in [1.807, 2.05) is 31.2 Å². The molecule has 2 aromatic rings. The summed E-state index contributed by atoms with van der Waals surface area (Å²) in [5, 5.41) is 13.3. The van der Waals surface area contributed by atoms with Crippen LogP contribution in [0.25, 0.3) is 0 Å². The molecule has 0 spiro atoms. The van der Waals surface area contributed by atoms with Gasteiger partial charge in [0.1, 0.15) is 0 Å². The van der Waals surface area contributed by atoms with Crippen LogP contribution in [0.5, 0.6) is 11.5 Å². The van der Waals surface area contributed by atoms with Gasteiger partial charge in [-0.2, -0.15) is 8.78 Å². The van der Waals surface area contributed by atoms with E-state index in [4.69, 9.17) is 4.74 Å². The Bertz CT molecular complexity index is 647. The molecular weight excluding hydrogens is 316 g/mol. The first-order valence-corrected chi connectivity index (χ1v) is 7.56. The maximum atomic E-state index is 12.3. The van der Waals surface area contributed by atoms with E-state index in [9.17, 15) is 13.9 Å². The van der Waals surface area contributed by atoms with E-state index >= 15 is 0 Å². The molecule has 1 unspecified atom stereocenters. The number of aryl methyl sites for hydroxylation is 1. The van der Waals surface area contributed by atoms with Gasteiger partial charge in [-0.15, -0.1) is 0 Å². The van der Waals surface area contributed by atoms with E-state index in [0.717, 1.165) is 16.7 Å². The lowest BCUT2D eigenvalue weighted by Crippen LogP contribution is -2.21. The van der Waals surface area contributed by atoms with E-state index in [1.54, 1.807) is 12.1 Å². The van der Waals surface area contributed by atoms with Gasteiger partial charge >= 0.3 is 6.61 Å². The van der Waals surface area contributed by atoms with E-state index in [1.165, 1.54) is 13.2 Å². The molecule has 4 nitrogen and oxygen atoms in total. The number of nitrogens with one attached hydrogen (secondary N) is 1. The van der Waals surface area contributed by atoms with Crippen molar-refractivity contribution in [1.29, 1.82) is 0 Å². The third-order valence-electron chi connectivity index (χ3n) is 3.57. The van der Waals surface area contributed by atoms with Crippen molar-refractivity contribution in [1.82, 2.24) is 5.32 Å². The molecule has 0 amide bonds. The molecule has 0 aliphatic rings. The first kappa shape index (κ1) is 18.2. The normalized spacial score (nSPS) is 12.2. The number of ether oxygens (including phenoxy) is 2. The summed E-state index contributed by atoms with van der Waals surface area (Å²) in [6, 6.07) is 12.4. The number of rotatable bonds is 8. The highest BCUT2D eigenvalue weighted by Crippen LogP contribution is 2.29. The van der Waals surface area contributed by atoms with Crippen LogP contribution in [-0.2, 0) is 6.54 Å². The largest absolute Gasteiger partial charge is 0.493 e. The van der Waals surface area contributed by atoms with Crippen molar-refractivity contribution in [2.24, 2.45) is 0 Å². The minimum Gasteiger partial charge on any atom is -0.493 e. The van der Waals surface area contributed by atoms with Crippen molar-refractivity contribution >= 4 is 0 Å². The maximum Gasteiger partial charge on any atom is 0.387 e.